The van der Waals surface area contributed by atoms with Crippen LogP contribution in [0.2, 0.25) is 0 Å². The van der Waals surface area contributed by atoms with Crippen LogP contribution in [0, 0.1) is 25.2 Å². The molecule has 0 aliphatic heterocycles. The Hall–Kier alpha value is -2.81. The van der Waals surface area contributed by atoms with Crippen LogP contribution in [0.15, 0.2) is 24.3 Å². The van der Waals surface area contributed by atoms with Crippen molar-refractivity contribution >= 4 is 17.5 Å². The quantitative estimate of drug-likeness (QED) is 0.769. The predicted octanol–water partition coefficient (Wildman–Crippen LogP) is 2.54. The van der Waals surface area contributed by atoms with E-state index < -0.39 is 6.03 Å². The number of benzene rings is 1. The Morgan fingerprint density at radius 1 is 1.37 bits per heavy atom. The Balaban J connectivity index is 2.05. The number of amides is 2. The van der Waals surface area contributed by atoms with Gasteiger partial charge in [-0.15, -0.1) is 0 Å². The highest BCUT2D eigenvalue weighted by Crippen LogP contribution is 2.15. The maximum absolute atomic E-state index is 11.8. The van der Waals surface area contributed by atoms with Crippen molar-refractivity contribution in [3.63, 3.8) is 0 Å². The summed E-state index contributed by atoms with van der Waals surface area (Å²) in [5, 5.41) is 20.8. The van der Waals surface area contributed by atoms with E-state index in [0.717, 1.165) is 11.3 Å². The first-order valence-corrected chi connectivity index (χ1v) is 5.70. The van der Waals surface area contributed by atoms with E-state index in [-0.39, 0.29) is 0 Å². The van der Waals surface area contributed by atoms with Crippen LogP contribution in [0.25, 0.3) is 0 Å². The fraction of sp³-hybridized carbons (Fsp3) is 0.154. The highest BCUT2D eigenvalue weighted by atomic mass is 16.2. The Morgan fingerprint density at radius 3 is 2.79 bits per heavy atom. The van der Waals surface area contributed by atoms with E-state index in [9.17, 15) is 4.79 Å². The van der Waals surface area contributed by atoms with Crippen LogP contribution in [0.1, 0.15) is 16.8 Å². The van der Waals surface area contributed by atoms with E-state index in [1.54, 1.807) is 24.3 Å². The van der Waals surface area contributed by atoms with Gasteiger partial charge in [-0.1, -0.05) is 6.07 Å². The van der Waals surface area contributed by atoms with Crippen molar-refractivity contribution in [2.75, 3.05) is 10.6 Å². The number of aryl methyl sites for hydroxylation is 1. The minimum Gasteiger partial charge on any atom is -0.308 e. The molecule has 0 radical (unpaired) electrons. The van der Waals surface area contributed by atoms with Crippen LogP contribution in [0.4, 0.5) is 16.3 Å². The van der Waals surface area contributed by atoms with Gasteiger partial charge in [-0.05, 0) is 32.0 Å². The molecular weight excluding hydrogens is 242 g/mol. The second kappa shape index (κ2) is 5.23. The molecule has 0 bridgehead atoms. The van der Waals surface area contributed by atoms with E-state index in [4.69, 9.17) is 5.26 Å². The lowest BCUT2D eigenvalue weighted by molar-refractivity contribution is 0.262. The number of hydrogen-bond donors (Lipinski definition) is 3. The number of nitrogens with one attached hydrogen (secondary N) is 3. The van der Waals surface area contributed by atoms with Gasteiger partial charge in [-0.3, -0.25) is 10.4 Å². The first kappa shape index (κ1) is 12.6. The van der Waals surface area contributed by atoms with Gasteiger partial charge < -0.3 is 5.32 Å². The third kappa shape index (κ3) is 2.90. The first-order chi connectivity index (χ1) is 9.10. The van der Waals surface area contributed by atoms with Crippen LogP contribution in [-0.4, -0.2) is 16.2 Å². The molecule has 0 atom stereocenters. The first-order valence-electron chi connectivity index (χ1n) is 5.70. The lowest BCUT2D eigenvalue weighted by atomic mass is 10.2. The second-order valence-corrected chi connectivity index (χ2v) is 4.09. The van der Waals surface area contributed by atoms with Crippen molar-refractivity contribution in [2.45, 2.75) is 13.8 Å². The zero-order valence-corrected chi connectivity index (χ0v) is 10.6. The summed E-state index contributed by atoms with van der Waals surface area (Å²) in [5.41, 5.74) is 2.84. The monoisotopic (exact) mass is 255 g/mol. The summed E-state index contributed by atoms with van der Waals surface area (Å²) < 4.78 is 0. The molecule has 0 aliphatic carbocycles. The Labute approximate surface area is 110 Å². The van der Waals surface area contributed by atoms with Gasteiger partial charge in [0, 0.05) is 16.9 Å². The maximum Gasteiger partial charge on any atom is 0.324 e. The molecule has 19 heavy (non-hydrogen) atoms. The van der Waals surface area contributed by atoms with E-state index in [1.807, 2.05) is 19.9 Å². The molecule has 2 amide bonds. The van der Waals surface area contributed by atoms with Gasteiger partial charge in [-0.2, -0.15) is 10.4 Å². The summed E-state index contributed by atoms with van der Waals surface area (Å²) >= 11 is 0. The number of aromatic nitrogens is 2. The largest absolute Gasteiger partial charge is 0.324 e. The van der Waals surface area contributed by atoms with Gasteiger partial charge >= 0.3 is 6.03 Å². The molecule has 0 spiro atoms. The van der Waals surface area contributed by atoms with Crippen molar-refractivity contribution in [2.24, 2.45) is 0 Å². The van der Waals surface area contributed by atoms with Crippen LogP contribution < -0.4 is 10.6 Å². The number of nitrogens with zero attached hydrogens (tertiary/aromatic N) is 2. The highest BCUT2D eigenvalue weighted by Gasteiger charge is 2.09. The summed E-state index contributed by atoms with van der Waals surface area (Å²) in [5.74, 6) is 0.492. The zero-order chi connectivity index (χ0) is 13.8. The second-order valence-electron chi connectivity index (χ2n) is 4.09. The van der Waals surface area contributed by atoms with Crippen molar-refractivity contribution < 1.29 is 4.79 Å². The third-order valence-corrected chi connectivity index (χ3v) is 2.73. The molecule has 1 heterocycles. The fourth-order valence-corrected chi connectivity index (χ4v) is 1.54. The summed E-state index contributed by atoms with van der Waals surface area (Å²) in [6, 6.07) is 8.30. The van der Waals surface area contributed by atoms with E-state index in [0.29, 0.717) is 17.1 Å². The molecule has 0 saturated heterocycles. The third-order valence-electron chi connectivity index (χ3n) is 2.73. The number of rotatable bonds is 2. The van der Waals surface area contributed by atoms with Gasteiger partial charge in [0.05, 0.1) is 11.6 Å². The molecule has 0 aliphatic rings. The minimum atomic E-state index is -0.398. The van der Waals surface area contributed by atoms with Crippen molar-refractivity contribution in [3.05, 3.63) is 41.1 Å². The van der Waals surface area contributed by atoms with E-state index in [2.05, 4.69) is 20.8 Å². The average molecular weight is 255 g/mol. The van der Waals surface area contributed by atoms with Gasteiger partial charge in [0.1, 0.15) is 0 Å². The van der Waals surface area contributed by atoms with Crippen LogP contribution in [0.5, 0.6) is 0 Å². The van der Waals surface area contributed by atoms with E-state index >= 15 is 0 Å². The van der Waals surface area contributed by atoms with Gasteiger partial charge in [0.25, 0.3) is 0 Å². The number of carbonyl (C=O) groups is 1. The molecule has 1 aromatic carbocycles. The topological polar surface area (TPSA) is 93.6 Å². The SMILES string of the molecule is Cc1[nH]nc(NC(=O)Nc2cccc(C#N)c2)c1C. The highest BCUT2D eigenvalue weighted by molar-refractivity contribution is 5.99. The van der Waals surface area contributed by atoms with Crippen LogP contribution in [-0.2, 0) is 0 Å². The molecule has 2 rings (SSSR count). The number of carbonyl (C=O) groups excluding carboxylic acids is 1. The Kier molecular flexibility index (Phi) is 3.48. The lowest BCUT2D eigenvalue weighted by Gasteiger charge is -2.06. The number of anilines is 2. The molecule has 96 valence electrons. The minimum absolute atomic E-state index is 0.398. The van der Waals surface area contributed by atoms with Crippen molar-refractivity contribution in [3.8, 4) is 6.07 Å². The van der Waals surface area contributed by atoms with E-state index in [1.165, 1.54) is 0 Å². The number of aromatic amines is 1. The Bertz CT molecular complexity index is 653. The average Bonchev–Trinajstić information content (AvgIpc) is 2.71. The summed E-state index contributed by atoms with van der Waals surface area (Å²) in [6.45, 7) is 3.74. The van der Waals surface area contributed by atoms with Crippen LogP contribution >= 0.6 is 0 Å². The molecule has 3 N–H and O–H groups in total. The van der Waals surface area contributed by atoms with Crippen LogP contribution in [0.3, 0.4) is 0 Å². The summed E-state index contributed by atoms with van der Waals surface area (Å²) in [6.07, 6.45) is 0. The molecule has 0 fully saturated rings. The Morgan fingerprint density at radius 2 is 2.16 bits per heavy atom. The lowest BCUT2D eigenvalue weighted by Crippen LogP contribution is -2.20. The molecule has 0 unspecified atom stereocenters. The molecule has 0 saturated carbocycles. The fourth-order valence-electron chi connectivity index (χ4n) is 1.54. The van der Waals surface area contributed by atoms with Crippen molar-refractivity contribution in [1.82, 2.24) is 10.2 Å². The predicted molar refractivity (Wildman–Crippen MR) is 71.9 cm³/mol. The van der Waals surface area contributed by atoms with Gasteiger partial charge in [0.15, 0.2) is 5.82 Å². The molecule has 6 nitrogen and oxygen atoms in total. The zero-order valence-electron chi connectivity index (χ0n) is 10.6. The summed E-state index contributed by atoms with van der Waals surface area (Å²) in [7, 11) is 0. The molecule has 1 aromatic heterocycles. The number of nitriles is 1. The number of hydrogen-bond acceptors (Lipinski definition) is 3. The number of H-pyrrole nitrogens is 1. The van der Waals surface area contributed by atoms with Crippen molar-refractivity contribution in [1.29, 1.82) is 5.26 Å². The number of urea groups is 1. The van der Waals surface area contributed by atoms with Gasteiger partial charge in [0.2, 0.25) is 0 Å². The molecule has 2 aromatic rings. The smallest absolute Gasteiger partial charge is 0.308 e. The molecule has 6 heteroatoms. The standard InChI is InChI=1S/C13H13N5O/c1-8-9(2)17-18-12(8)16-13(19)15-11-5-3-4-10(6-11)7-14/h3-6H,1-2H3,(H3,15,16,17,18,19). The summed E-state index contributed by atoms with van der Waals surface area (Å²) in [4.78, 5) is 11.8. The maximum atomic E-state index is 11.8. The molecular formula is C13H13N5O. The normalized spacial score (nSPS) is 9.74. The van der Waals surface area contributed by atoms with Gasteiger partial charge in [-0.25, -0.2) is 4.79 Å².